The number of aromatic nitrogens is 5. The maximum absolute atomic E-state index is 13.1. The second-order valence-corrected chi connectivity index (χ2v) is 8.85. The number of amides is 1. The van der Waals surface area contributed by atoms with Crippen molar-refractivity contribution >= 4 is 5.91 Å². The fourth-order valence-corrected chi connectivity index (χ4v) is 4.43. The summed E-state index contributed by atoms with van der Waals surface area (Å²) < 4.78 is 3.44. The van der Waals surface area contributed by atoms with Crippen LogP contribution in [0.2, 0.25) is 0 Å². The van der Waals surface area contributed by atoms with Crippen molar-refractivity contribution in [2.75, 3.05) is 0 Å². The van der Waals surface area contributed by atoms with E-state index in [4.69, 9.17) is 0 Å². The van der Waals surface area contributed by atoms with Crippen LogP contribution in [0, 0.1) is 0 Å². The lowest BCUT2D eigenvalue weighted by Gasteiger charge is -2.28. The lowest BCUT2D eigenvalue weighted by atomic mass is 9.92. The Hall–Kier alpha value is -3.78. The number of hydrogen-bond donors (Lipinski definition) is 2. The third-order valence-electron chi connectivity index (χ3n) is 6.26. The average Bonchev–Trinajstić information content (AvgIpc) is 3.53. The van der Waals surface area contributed by atoms with Crippen LogP contribution in [0.4, 0.5) is 0 Å². The molecule has 3 heterocycles. The summed E-state index contributed by atoms with van der Waals surface area (Å²) in [6.45, 7) is 0. The quantitative estimate of drug-likeness (QED) is 0.464. The third-order valence-corrected chi connectivity index (χ3v) is 6.26. The Morgan fingerprint density at radius 3 is 2.62 bits per heavy atom. The van der Waals surface area contributed by atoms with Gasteiger partial charge in [0.2, 0.25) is 0 Å². The molecule has 0 unspecified atom stereocenters. The number of carbonyl (C=O) groups excluding carboxylic acids is 1. The number of hydrogen-bond acceptors (Lipinski definition) is 5. The van der Waals surface area contributed by atoms with E-state index in [1.165, 1.54) is 0 Å². The number of aliphatic hydroxyl groups excluding tert-OH is 1. The number of benzene rings is 1. The SMILES string of the molecule is Cn1ccc(-c2ccc(Cc3cc(C(=O)N[C@H]4CCCC[C@@H]4O)nc(-n4cccn4)c3)cc2)n1. The molecule has 0 bridgehead atoms. The molecule has 2 N–H and O–H groups in total. The second-order valence-electron chi connectivity index (χ2n) is 8.85. The molecule has 34 heavy (non-hydrogen) atoms. The van der Waals surface area contributed by atoms with Crippen LogP contribution < -0.4 is 5.32 Å². The molecule has 1 aliphatic rings. The fraction of sp³-hybridized carbons (Fsp3) is 0.308. The number of rotatable bonds is 6. The van der Waals surface area contributed by atoms with Gasteiger partial charge in [-0.15, -0.1) is 0 Å². The lowest BCUT2D eigenvalue weighted by Crippen LogP contribution is -2.45. The maximum Gasteiger partial charge on any atom is 0.270 e. The second kappa shape index (κ2) is 9.61. The van der Waals surface area contributed by atoms with Crippen molar-refractivity contribution in [1.82, 2.24) is 29.9 Å². The summed E-state index contributed by atoms with van der Waals surface area (Å²) in [6, 6.07) is 15.6. The van der Waals surface area contributed by atoms with E-state index in [2.05, 4.69) is 44.8 Å². The lowest BCUT2D eigenvalue weighted by molar-refractivity contribution is 0.0713. The molecule has 1 aromatic carbocycles. The van der Waals surface area contributed by atoms with Gasteiger partial charge in [0.05, 0.1) is 17.8 Å². The van der Waals surface area contributed by atoms with Crippen molar-refractivity contribution in [2.24, 2.45) is 7.05 Å². The fourth-order valence-electron chi connectivity index (χ4n) is 4.43. The van der Waals surface area contributed by atoms with Gasteiger partial charge in [0.15, 0.2) is 5.82 Å². The van der Waals surface area contributed by atoms with Crippen molar-refractivity contribution in [3.8, 4) is 17.1 Å². The maximum atomic E-state index is 13.1. The topological polar surface area (TPSA) is 97.9 Å². The first kappa shape index (κ1) is 22.0. The zero-order chi connectivity index (χ0) is 23.5. The molecule has 174 valence electrons. The van der Waals surface area contributed by atoms with Crippen LogP contribution in [0.5, 0.6) is 0 Å². The van der Waals surface area contributed by atoms with Crippen LogP contribution in [-0.2, 0) is 13.5 Å². The summed E-state index contributed by atoms with van der Waals surface area (Å²) in [4.78, 5) is 17.6. The van der Waals surface area contributed by atoms with Crippen molar-refractivity contribution in [3.05, 3.63) is 83.9 Å². The van der Waals surface area contributed by atoms with Gasteiger partial charge < -0.3 is 10.4 Å². The summed E-state index contributed by atoms with van der Waals surface area (Å²) in [5.41, 5.74) is 4.39. The van der Waals surface area contributed by atoms with Crippen molar-refractivity contribution in [2.45, 2.75) is 44.2 Å². The Labute approximate surface area is 198 Å². The first-order valence-corrected chi connectivity index (χ1v) is 11.6. The standard InChI is InChI=1S/C26H28N6O2/c1-31-14-11-21(30-31)20-9-7-18(8-10-20)15-19-16-23(28-25(17-19)32-13-4-12-27-32)26(34)29-22-5-2-3-6-24(22)33/h4,7-14,16-17,22,24,33H,2-3,5-6,15H2,1H3,(H,29,34)/t22-,24-/m0/s1. The third kappa shape index (κ3) is 4.92. The van der Waals surface area contributed by atoms with Gasteiger partial charge in [0.25, 0.3) is 5.91 Å². The van der Waals surface area contributed by atoms with Gasteiger partial charge in [-0.3, -0.25) is 9.48 Å². The first-order valence-electron chi connectivity index (χ1n) is 11.6. The molecular formula is C26H28N6O2. The molecule has 3 aromatic heterocycles. The Bertz CT molecular complexity index is 1260. The number of aliphatic hydroxyl groups is 1. The van der Waals surface area contributed by atoms with Crippen LogP contribution in [0.15, 0.2) is 67.1 Å². The van der Waals surface area contributed by atoms with Crippen LogP contribution in [-0.4, -0.2) is 47.7 Å². The van der Waals surface area contributed by atoms with Gasteiger partial charge in [-0.2, -0.15) is 10.2 Å². The zero-order valence-corrected chi connectivity index (χ0v) is 19.1. The molecular weight excluding hydrogens is 428 g/mol. The molecule has 1 aliphatic carbocycles. The van der Waals surface area contributed by atoms with Crippen LogP contribution in [0.25, 0.3) is 17.1 Å². The number of carbonyl (C=O) groups is 1. The Morgan fingerprint density at radius 1 is 1.09 bits per heavy atom. The first-order chi connectivity index (χ1) is 16.5. The highest BCUT2D eigenvalue weighted by atomic mass is 16.3. The summed E-state index contributed by atoms with van der Waals surface area (Å²) >= 11 is 0. The van der Waals surface area contributed by atoms with Gasteiger partial charge in [0, 0.05) is 31.2 Å². The molecule has 1 saturated carbocycles. The molecule has 2 atom stereocenters. The molecule has 5 rings (SSSR count). The smallest absolute Gasteiger partial charge is 0.270 e. The molecule has 0 spiro atoms. The number of nitrogens with zero attached hydrogens (tertiary/aromatic N) is 5. The van der Waals surface area contributed by atoms with E-state index in [1.54, 1.807) is 21.8 Å². The minimum Gasteiger partial charge on any atom is -0.391 e. The number of nitrogens with one attached hydrogen (secondary N) is 1. The zero-order valence-electron chi connectivity index (χ0n) is 19.1. The molecule has 4 aromatic rings. The highest BCUT2D eigenvalue weighted by molar-refractivity contribution is 5.93. The van der Waals surface area contributed by atoms with Crippen molar-refractivity contribution in [1.29, 1.82) is 0 Å². The van der Waals surface area contributed by atoms with Crippen LogP contribution in [0.3, 0.4) is 0 Å². The molecule has 8 nitrogen and oxygen atoms in total. The van der Waals surface area contributed by atoms with E-state index >= 15 is 0 Å². The van der Waals surface area contributed by atoms with E-state index in [9.17, 15) is 9.90 Å². The summed E-state index contributed by atoms with van der Waals surface area (Å²) in [7, 11) is 1.90. The van der Waals surface area contributed by atoms with Crippen molar-refractivity contribution in [3.63, 3.8) is 0 Å². The molecule has 8 heteroatoms. The van der Waals surface area contributed by atoms with Gasteiger partial charge in [-0.25, -0.2) is 9.67 Å². The minimum absolute atomic E-state index is 0.237. The number of pyridine rings is 1. The monoisotopic (exact) mass is 456 g/mol. The van der Waals surface area contributed by atoms with Crippen molar-refractivity contribution < 1.29 is 9.90 Å². The normalized spacial score (nSPS) is 18.1. The van der Waals surface area contributed by atoms with Gasteiger partial charge in [-0.05, 0) is 54.7 Å². The van der Waals surface area contributed by atoms with Crippen LogP contribution in [0.1, 0.15) is 47.3 Å². The summed E-state index contributed by atoms with van der Waals surface area (Å²) in [6.07, 6.45) is 9.04. The van der Waals surface area contributed by atoms with E-state index < -0.39 is 6.10 Å². The minimum atomic E-state index is -0.510. The Morgan fingerprint density at radius 2 is 1.91 bits per heavy atom. The highest BCUT2D eigenvalue weighted by Gasteiger charge is 2.25. The largest absolute Gasteiger partial charge is 0.391 e. The van der Waals surface area contributed by atoms with Gasteiger partial charge >= 0.3 is 0 Å². The number of aryl methyl sites for hydroxylation is 1. The van der Waals surface area contributed by atoms with Crippen LogP contribution >= 0.6 is 0 Å². The Kier molecular flexibility index (Phi) is 6.22. The molecule has 1 amide bonds. The molecule has 0 radical (unpaired) electrons. The Balaban J connectivity index is 1.40. The summed E-state index contributed by atoms with van der Waals surface area (Å²) in [5.74, 6) is 0.314. The average molecular weight is 457 g/mol. The van der Waals surface area contributed by atoms with E-state index in [1.807, 2.05) is 37.5 Å². The molecule has 1 fully saturated rings. The molecule has 0 saturated heterocycles. The predicted molar refractivity (Wildman–Crippen MR) is 129 cm³/mol. The molecule has 0 aliphatic heterocycles. The van der Waals surface area contributed by atoms with E-state index in [0.29, 0.717) is 24.4 Å². The van der Waals surface area contributed by atoms with E-state index in [-0.39, 0.29) is 11.9 Å². The summed E-state index contributed by atoms with van der Waals surface area (Å²) in [5, 5.41) is 22.0. The predicted octanol–water partition coefficient (Wildman–Crippen LogP) is 3.29. The van der Waals surface area contributed by atoms with E-state index in [0.717, 1.165) is 41.6 Å². The van der Waals surface area contributed by atoms with Gasteiger partial charge in [-0.1, -0.05) is 37.1 Å². The van der Waals surface area contributed by atoms with Gasteiger partial charge in [0.1, 0.15) is 5.69 Å². The highest BCUT2D eigenvalue weighted by Crippen LogP contribution is 2.21.